The van der Waals surface area contributed by atoms with Crippen molar-refractivity contribution in [3.63, 3.8) is 0 Å². The summed E-state index contributed by atoms with van der Waals surface area (Å²) >= 11 is 0. The Morgan fingerprint density at radius 3 is 2.32 bits per heavy atom. The second-order valence-electron chi connectivity index (χ2n) is 9.32. The summed E-state index contributed by atoms with van der Waals surface area (Å²) in [7, 11) is 0. The standard InChI is InChI=1S/C18H12NO.C15H16N.Ir/c1-12-9-10-19-16(11-12)15-7-4-6-14-13-5-2-3-8-17(13)20-18(14)15;1-11(2)13-5-7-14(8-6-13)15-9-4-12(3)10-16-15;/h2-6,8-11H,1H3;4-7,9-11H,1-3H3;/q2*-1;. The van der Waals surface area contributed by atoms with E-state index in [1.807, 2.05) is 61.8 Å². The molecular formula is C33H28IrN2O-2. The zero-order chi connectivity index (χ0) is 25.1. The molecule has 3 aromatic carbocycles. The van der Waals surface area contributed by atoms with Crippen molar-refractivity contribution in [3.8, 4) is 22.5 Å². The van der Waals surface area contributed by atoms with Gasteiger partial charge in [0.05, 0.1) is 5.58 Å². The molecule has 4 heteroatoms. The summed E-state index contributed by atoms with van der Waals surface area (Å²) in [4.78, 5) is 8.83. The SMILES string of the molecule is Cc1ccc(-c2[c-]cc(C(C)C)cc2)nc1.Cc1ccnc(-c2[c-]ccc3c2oc2ccccc23)c1.[Ir]. The van der Waals surface area contributed by atoms with Crippen LogP contribution in [0.2, 0.25) is 0 Å². The molecule has 0 atom stereocenters. The number of furan rings is 1. The smallest absolute Gasteiger partial charge is 0.120 e. The summed E-state index contributed by atoms with van der Waals surface area (Å²) in [6.45, 7) is 8.48. The molecule has 0 aliphatic heterocycles. The van der Waals surface area contributed by atoms with E-state index < -0.39 is 0 Å². The van der Waals surface area contributed by atoms with Gasteiger partial charge < -0.3 is 14.4 Å². The molecule has 3 heterocycles. The Hall–Kier alpha value is -3.59. The van der Waals surface area contributed by atoms with Crippen molar-refractivity contribution < 1.29 is 24.5 Å². The number of aromatic nitrogens is 2. The molecule has 0 bridgehead atoms. The van der Waals surface area contributed by atoms with E-state index in [1.165, 1.54) is 16.7 Å². The third-order valence-corrected chi connectivity index (χ3v) is 6.20. The van der Waals surface area contributed by atoms with E-state index in [9.17, 15) is 0 Å². The summed E-state index contributed by atoms with van der Waals surface area (Å²) in [5, 5.41) is 2.24. The number of pyridine rings is 2. The van der Waals surface area contributed by atoms with Gasteiger partial charge in [-0.15, -0.1) is 53.6 Å². The predicted octanol–water partition coefficient (Wildman–Crippen LogP) is 8.73. The molecule has 0 aliphatic rings. The zero-order valence-corrected chi connectivity index (χ0v) is 23.8. The van der Waals surface area contributed by atoms with E-state index in [1.54, 1.807) is 0 Å². The summed E-state index contributed by atoms with van der Waals surface area (Å²) in [6.07, 6.45) is 3.71. The van der Waals surface area contributed by atoms with Gasteiger partial charge in [0.25, 0.3) is 0 Å². The van der Waals surface area contributed by atoms with Crippen molar-refractivity contribution in [1.29, 1.82) is 0 Å². The van der Waals surface area contributed by atoms with Gasteiger partial charge in [-0.05, 0) is 42.9 Å². The fourth-order valence-electron chi connectivity index (χ4n) is 4.14. The molecule has 0 saturated heterocycles. The van der Waals surface area contributed by atoms with Crippen molar-refractivity contribution in [1.82, 2.24) is 9.97 Å². The second-order valence-corrected chi connectivity index (χ2v) is 9.32. The van der Waals surface area contributed by atoms with E-state index in [-0.39, 0.29) is 20.1 Å². The minimum absolute atomic E-state index is 0. The van der Waals surface area contributed by atoms with Gasteiger partial charge in [-0.3, -0.25) is 0 Å². The molecule has 37 heavy (non-hydrogen) atoms. The van der Waals surface area contributed by atoms with Crippen LogP contribution in [0.1, 0.15) is 36.5 Å². The number of hydrogen-bond acceptors (Lipinski definition) is 3. The molecule has 3 nitrogen and oxygen atoms in total. The Morgan fingerprint density at radius 1 is 0.784 bits per heavy atom. The normalized spacial score (nSPS) is 10.7. The van der Waals surface area contributed by atoms with E-state index in [2.05, 4.69) is 79.3 Å². The maximum atomic E-state index is 6.01. The topological polar surface area (TPSA) is 38.9 Å². The molecule has 187 valence electrons. The first-order chi connectivity index (χ1) is 17.5. The van der Waals surface area contributed by atoms with Crippen LogP contribution >= 0.6 is 0 Å². The van der Waals surface area contributed by atoms with Crippen LogP contribution in [0.5, 0.6) is 0 Å². The van der Waals surface area contributed by atoms with Gasteiger partial charge >= 0.3 is 0 Å². The van der Waals surface area contributed by atoms with Gasteiger partial charge in [0.15, 0.2) is 0 Å². The maximum absolute atomic E-state index is 6.01. The fourth-order valence-corrected chi connectivity index (χ4v) is 4.14. The molecule has 0 fully saturated rings. The number of para-hydroxylation sites is 1. The van der Waals surface area contributed by atoms with E-state index in [0.29, 0.717) is 5.92 Å². The second kappa shape index (κ2) is 11.6. The Bertz CT molecular complexity index is 1620. The van der Waals surface area contributed by atoms with Crippen molar-refractivity contribution in [2.24, 2.45) is 0 Å². The Morgan fingerprint density at radius 2 is 1.62 bits per heavy atom. The minimum atomic E-state index is 0. The zero-order valence-electron chi connectivity index (χ0n) is 21.4. The van der Waals surface area contributed by atoms with Crippen LogP contribution in [0, 0.1) is 26.0 Å². The average molecular weight is 661 g/mol. The molecule has 0 saturated carbocycles. The van der Waals surface area contributed by atoms with Gasteiger partial charge in [0.1, 0.15) is 5.58 Å². The van der Waals surface area contributed by atoms with Crippen LogP contribution in [-0.2, 0) is 20.1 Å². The number of hydrogen-bond donors (Lipinski definition) is 0. The number of fused-ring (bicyclic) bond motifs is 3. The van der Waals surface area contributed by atoms with E-state index in [0.717, 1.165) is 44.5 Å². The molecule has 0 amide bonds. The van der Waals surface area contributed by atoms with Crippen molar-refractivity contribution >= 4 is 21.9 Å². The summed E-state index contributed by atoms with van der Waals surface area (Å²) in [6, 6.07) is 33.1. The molecule has 6 aromatic rings. The van der Waals surface area contributed by atoms with Crippen LogP contribution in [0.25, 0.3) is 44.5 Å². The monoisotopic (exact) mass is 661 g/mol. The molecule has 0 aliphatic carbocycles. The molecular weight excluding hydrogens is 633 g/mol. The third kappa shape index (κ3) is 5.88. The Balaban J connectivity index is 0.000000173. The first-order valence-electron chi connectivity index (χ1n) is 12.2. The molecule has 0 spiro atoms. The van der Waals surface area contributed by atoms with Crippen molar-refractivity contribution in [2.75, 3.05) is 0 Å². The van der Waals surface area contributed by atoms with Gasteiger partial charge in [0.2, 0.25) is 0 Å². The van der Waals surface area contributed by atoms with Gasteiger partial charge in [0, 0.05) is 37.9 Å². The first kappa shape index (κ1) is 26.5. The summed E-state index contributed by atoms with van der Waals surface area (Å²) < 4.78 is 6.01. The molecule has 6 rings (SSSR count). The molecule has 0 N–H and O–H groups in total. The average Bonchev–Trinajstić information content (AvgIpc) is 3.28. The van der Waals surface area contributed by atoms with Crippen molar-refractivity contribution in [3.05, 3.63) is 120 Å². The Kier molecular flexibility index (Phi) is 8.33. The molecule has 1 radical (unpaired) electrons. The van der Waals surface area contributed by atoms with Crippen LogP contribution in [0.15, 0.2) is 95.7 Å². The predicted molar refractivity (Wildman–Crippen MR) is 148 cm³/mol. The number of benzene rings is 3. The largest absolute Gasteiger partial charge is 0.501 e. The van der Waals surface area contributed by atoms with Crippen LogP contribution in [0.3, 0.4) is 0 Å². The molecule has 0 unspecified atom stereocenters. The van der Waals surface area contributed by atoms with Crippen molar-refractivity contribution in [2.45, 2.75) is 33.6 Å². The van der Waals surface area contributed by atoms with Gasteiger partial charge in [-0.1, -0.05) is 72.7 Å². The van der Waals surface area contributed by atoms with Crippen LogP contribution in [-0.4, -0.2) is 9.97 Å². The minimum Gasteiger partial charge on any atom is -0.501 e. The van der Waals surface area contributed by atoms with E-state index in [4.69, 9.17) is 4.42 Å². The van der Waals surface area contributed by atoms with Crippen LogP contribution in [0.4, 0.5) is 0 Å². The Labute approximate surface area is 232 Å². The summed E-state index contributed by atoms with van der Waals surface area (Å²) in [5.74, 6) is 0.552. The van der Waals surface area contributed by atoms with Gasteiger partial charge in [-0.25, -0.2) is 0 Å². The number of aryl methyl sites for hydroxylation is 2. The van der Waals surface area contributed by atoms with Crippen LogP contribution < -0.4 is 0 Å². The van der Waals surface area contributed by atoms with Gasteiger partial charge in [-0.2, -0.15) is 0 Å². The first-order valence-corrected chi connectivity index (χ1v) is 12.2. The number of rotatable bonds is 3. The number of nitrogens with zero attached hydrogens (tertiary/aromatic N) is 2. The quantitative estimate of drug-likeness (QED) is 0.178. The molecule has 3 aromatic heterocycles. The maximum Gasteiger partial charge on any atom is 0.120 e. The third-order valence-electron chi connectivity index (χ3n) is 6.20. The fraction of sp³-hybridized carbons (Fsp3) is 0.152. The summed E-state index contributed by atoms with van der Waals surface area (Å²) in [5.41, 5.74) is 9.29. The van der Waals surface area contributed by atoms with E-state index >= 15 is 0 Å².